The van der Waals surface area contributed by atoms with E-state index in [2.05, 4.69) is 15.3 Å². The van der Waals surface area contributed by atoms with Crippen molar-refractivity contribution in [3.05, 3.63) is 38.9 Å². The van der Waals surface area contributed by atoms with E-state index in [0.717, 1.165) is 17.4 Å². The van der Waals surface area contributed by atoms with Crippen molar-refractivity contribution in [2.24, 2.45) is 0 Å². The highest BCUT2D eigenvalue weighted by Gasteiger charge is 2.31. The van der Waals surface area contributed by atoms with Gasteiger partial charge in [-0.3, -0.25) is 0 Å². The molecule has 0 aliphatic carbocycles. The van der Waals surface area contributed by atoms with Gasteiger partial charge in [0.25, 0.3) is 0 Å². The third-order valence-corrected chi connectivity index (χ3v) is 3.48. The van der Waals surface area contributed by atoms with E-state index < -0.39 is 17.7 Å². The van der Waals surface area contributed by atoms with Crippen LogP contribution in [0, 0.1) is 0 Å². The monoisotopic (exact) mass is 337 g/mol. The number of hydrogen-bond acceptors (Lipinski definition) is 5. The van der Waals surface area contributed by atoms with E-state index in [1.165, 1.54) is 5.38 Å². The second kappa shape index (κ2) is 5.86. The first-order chi connectivity index (χ1) is 9.77. The maximum absolute atomic E-state index is 12.4. The standard InChI is InChI=1S/C11H7ClF3N3O2S/c12-6-1-5(11(13,14)15)2-16-9(6)17-3-8-18-7(4-21-8)10(19)20/h1-2,4H,3H2,(H,16,17)(H,19,20). The molecule has 112 valence electrons. The molecule has 0 aliphatic rings. The first-order valence-electron chi connectivity index (χ1n) is 5.41. The lowest BCUT2D eigenvalue weighted by Gasteiger charge is -2.09. The summed E-state index contributed by atoms with van der Waals surface area (Å²) >= 11 is 6.83. The van der Waals surface area contributed by atoms with Gasteiger partial charge in [0.15, 0.2) is 5.69 Å². The molecule has 0 aromatic carbocycles. The lowest BCUT2D eigenvalue weighted by atomic mass is 10.3. The zero-order valence-electron chi connectivity index (χ0n) is 10.1. The van der Waals surface area contributed by atoms with E-state index >= 15 is 0 Å². The first-order valence-corrected chi connectivity index (χ1v) is 6.67. The number of nitrogens with zero attached hydrogens (tertiary/aromatic N) is 2. The van der Waals surface area contributed by atoms with Crippen LogP contribution in [0.3, 0.4) is 0 Å². The molecule has 0 atom stereocenters. The van der Waals surface area contributed by atoms with E-state index in [4.69, 9.17) is 16.7 Å². The van der Waals surface area contributed by atoms with Crippen molar-refractivity contribution in [2.75, 3.05) is 5.32 Å². The minimum absolute atomic E-state index is 0.0664. The van der Waals surface area contributed by atoms with Gasteiger partial charge in [0, 0.05) is 11.6 Å². The van der Waals surface area contributed by atoms with Crippen molar-refractivity contribution >= 4 is 34.7 Å². The van der Waals surface area contributed by atoms with Crippen LogP contribution in [-0.4, -0.2) is 21.0 Å². The highest BCUT2D eigenvalue weighted by Crippen LogP contribution is 2.32. The molecule has 0 bridgehead atoms. The zero-order valence-corrected chi connectivity index (χ0v) is 11.7. The van der Waals surface area contributed by atoms with Gasteiger partial charge < -0.3 is 10.4 Å². The van der Waals surface area contributed by atoms with E-state index in [-0.39, 0.29) is 23.1 Å². The van der Waals surface area contributed by atoms with Gasteiger partial charge in [-0.05, 0) is 6.07 Å². The predicted molar refractivity (Wildman–Crippen MR) is 70.6 cm³/mol. The topological polar surface area (TPSA) is 75.1 Å². The molecule has 2 N–H and O–H groups in total. The minimum Gasteiger partial charge on any atom is -0.476 e. The Balaban J connectivity index is 2.08. The Labute approximate surface area is 125 Å². The number of hydrogen-bond donors (Lipinski definition) is 2. The van der Waals surface area contributed by atoms with Gasteiger partial charge >= 0.3 is 12.1 Å². The number of thiazole rings is 1. The van der Waals surface area contributed by atoms with E-state index in [1.807, 2.05) is 0 Å². The molecule has 0 radical (unpaired) electrons. The van der Waals surface area contributed by atoms with Crippen molar-refractivity contribution in [3.8, 4) is 0 Å². The van der Waals surface area contributed by atoms with E-state index in [1.54, 1.807) is 0 Å². The van der Waals surface area contributed by atoms with Gasteiger partial charge in [-0.2, -0.15) is 13.2 Å². The van der Waals surface area contributed by atoms with Crippen LogP contribution in [0.5, 0.6) is 0 Å². The summed E-state index contributed by atoms with van der Waals surface area (Å²) in [5, 5.41) is 13.1. The summed E-state index contributed by atoms with van der Waals surface area (Å²) in [7, 11) is 0. The van der Waals surface area contributed by atoms with Crippen molar-refractivity contribution in [1.29, 1.82) is 0 Å². The molecule has 0 saturated heterocycles. The number of aromatic carboxylic acids is 1. The third kappa shape index (κ3) is 3.82. The molecule has 2 aromatic rings. The number of carboxylic acid groups (broad SMARTS) is 1. The number of halogens is 4. The first kappa shape index (κ1) is 15.5. The third-order valence-electron chi connectivity index (χ3n) is 2.35. The van der Waals surface area contributed by atoms with E-state index in [9.17, 15) is 18.0 Å². The Bertz CT molecular complexity index is 675. The number of rotatable bonds is 4. The molecule has 0 unspecified atom stereocenters. The second-order valence-corrected chi connectivity index (χ2v) is 5.19. The van der Waals surface area contributed by atoms with Gasteiger partial charge in [-0.1, -0.05) is 11.6 Å². The fourth-order valence-electron chi connectivity index (χ4n) is 1.37. The number of alkyl halides is 3. The molecular formula is C11H7ClF3N3O2S. The summed E-state index contributed by atoms with van der Waals surface area (Å²) < 4.78 is 37.3. The number of carbonyl (C=O) groups is 1. The smallest absolute Gasteiger partial charge is 0.417 e. The van der Waals surface area contributed by atoms with Gasteiger partial charge in [0.05, 0.1) is 17.1 Å². The highest BCUT2D eigenvalue weighted by molar-refractivity contribution is 7.09. The van der Waals surface area contributed by atoms with Gasteiger partial charge in [0.2, 0.25) is 0 Å². The average Bonchev–Trinajstić information content (AvgIpc) is 2.85. The maximum atomic E-state index is 12.4. The van der Waals surface area contributed by atoms with Crippen LogP contribution in [0.25, 0.3) is 0 Å². The Hall–Kier alpha value is -1.87. The van der Waals surface area contributed by atoms with Crippen molar-refractivity contribution in [2.45, 2.75) is 12.7 Å². The molecule has 21 heavy (non-hydrogen) atoms. The fraction of sp³-hybridized carbons (Fsp3) is 0.182. The van der Waals surface area contributed by atoms with Crippen LogP contribution in [0.1, 0.15) is 21.1 Å². The van der Waals surface area contributed by atoms with Crippen LogP contribution in [0.15, 0.2) is 17.6 Å². The zero-order chi connectivity index (χ0) is 15.6. The van der Waals surface area contributed by atoms with Crippen molar-refractivity contribution in [3.63, 3.8) is 0 Å². The van der Waals surface area contributed by atoms with Gasteiger partial charge in [0.1, 0.15) is 10.8 Å². The van der Waals surface area contributed by atoms with Crippen LogP contribution < -0.4 is 5.32 Å². The Kier molecular flexibility index (Phi) is 4.33. The Morgan fingerprint density at radius 1 is 1.48 bits per heavy atom. The molecule has 0 fully saturated rings. The normalized spacial score (nSPS) is 11.4. The predicted octanol–water partition coefficient (Wildman–Crippen LogP) is 3.52. The summed E-state index contributed by atoms with van der Waals surface area (Å²) in [6.07, 6.45) is -3.85. The Morgan fingerprint density at radius 2 is 2.19 bits per heavy atom. The molecule has 5 nitrogen and oxygen atoms in total. The number of aromatic nitrogens is 2. The fourth-order valence-corrected chi connectivity index (χ4v) is 2.31. The van der Waals surface area contributed by atoms with Crippen LogP contribution in [0.4, 0.5) is 19.0 Å². The molecule has 0 saturated carbocycles. The molecular weight excluding hydrogens is 331 g/mol. The second-order valence-electron chi connectivity index (χ2n) is 3.84. The molecule has 10 heteroatoms. The molecule has 0 amide bonds. The average molecular weight is 338 g/mol. The van der Waals surface area contributed by atoms with Crippen molar-refractivity contribution in [1.82, 2.24) is 9.97 Å². The highest BCUT2D eigenvalue weighted by atomic mass is 35.5. The molecule has 2 rings (SSSR count). The van der Waals surface area contributed by atoms with Crippen LogP contribution in [-0.2, 0) is 12.7 Å². The van der Waals surface area contributed by atoms with Crippen LogP contribution in [0.2, 0.25) is 5.02 Å². The summed E-state index contributed by atoms with van der Waals surface area (Å²) in [5.74, 6) is -1.08. The van der Waals surface area contributed by atoms with Gasteiger partial charge in [-0.25, -0.2) is 14.8 Å². The lowest BCUT2D eigenvalue weighted by Crippen LogP contribution is -2.08. The number of pyridine rings is 1. The quantitative estimate of drug-likeness (QED) is 0.892. The van der Waals surface area contributed by atoms with Gasteiger partial charge in [-0.15, -0.1) is 11.3 Å². The largest absolute Gasteiger partial charge is 0.476 e. The minimum atomic E-state index is -4.51. The summed E-state index contributed by atoms with van der Waals surface area (Å²) in [4.78, 5) is 18.1. The summed E-state index contributed by atoms with van der Waals surface area (Å²) in [5.41, 5.74) is -1.04. The molecule has 0 aliphatic heterocycles. The Morgan fingerprint density at radius 3 is 2.71 bits per heavy atom. The number of anilines is 1. The molecule has 2 heterocycles. The SMILES string of the molecule is O=C(O)c1csc(CNc2ncc(C(F)(F)F)cc2Cl)n1. The molecule has 2 aromatic heterocycles. The van der Waals surface area contributed by atoms with Crippen molar-refractivity contribution < 1.29 is 23.1 Å². The number of carboxylic acids is 1. The van der Waals surface area contributed by atoms with E-state index in [0.29, 0.717) is 11.2 Å². The lowest BCUT2D eigenvalue weighted by molar-refractivity contribution is -0.137. The van der Waals surface area contributed by atoms with Crippen LogP contribution >= 0.6 is 22.9 Å². The summed E-state index contributed by atoms with van der Waals surface area (Å²) in [6, 6.07) is 0.765. The maximum Gasteiger partial charge on any atom is 0.417 e. The number of nitrogens with one attached hydrogen (secondary N) is 1. The summed E-state index contributed by atoms with van der Waals surface area (Å²) in [6.45, 7) is 0.107. The molecule has 0 spiro atoms.